The Balaban J connectivity index is 1.85. The van der Waals surface area contributed by atoms with Gasteiger partial charge in [-0.3, -0.25) is 4.90 Å². The quantitative estimate of drug-likeness (QED) is 0.651. The van der Waals surface area contributed by atoms with Crippen LogP contribution in [0.25, 0.3) is 0 Å². The molecule has 0 aromatic heterocycles. The van der Waals surface area contributed by atoms with Crippen molar-refractivity contribution in [3.05, 3.63) is 0 Å². The van der Waals surface area contributed by atoms with Crippen LogP contribution in [0.3, 0.4) is 0 Å². The Morgan fingerprint density at radius 3 is 2.31 bits per heavy atom. The number of piperazine rings is 1. The Kier molecular flexibility index (Phi) is 2.61. The fourth-order valence-electron chi connectivity index (χ4n) is 2.75. The van der Waals surface area contributed by atoms with Gasteiger partial charge in [-0.05, 0) is 18.9 Å². The van der Waals surface area contributed by atoms with E-state index < -0.39 is 0 Å². The molecule has 3 fully saturated rings. The van der Waals surface area contributed by atoms with Crippen molar-refractivity contribution in [2.75, 3.05) is 26.2 Å². The van der Waals surface area contributed by atoms with Gasteiger partial charge in [0.05, 0.1) is 0 Å². The predicted octanol–water partition coefficient (Wildman–Crippen LogP) is 1.42. The highest BCUT2D eigenvalue weighted by Gasteiger charge is 2.43. The molecule has 2 unspecified atom stereocenters. The predicted molar refractivity (Wildman–Crippen MR) is 55.9 cm³/mol. The van der Waals surface area contributed by atoms with Gasteiger partial charge in [0.2, 0.25) is 0 Å². The summed E-state index contributed by atoms with van der Waals surface area (Å²) < 4.78 is 0. The number of piperidine rings is 1. The molecule has 2 bridgehead atoms. The van der Waals surface area contributed by atoms with Gasteiger partial charge in [-0.2, -0.15) is 0 Å². The first-order valence-electron chi connectivity index (χ1n) is 5.68. The molecule has 13 heavy (non-hydrogen) atoms. The van der Waals surface area contributed by atoms with E-state index in [1.54, 1.807) is 0 Å². The van der Waals surface area contributed by atoms with Crippen LogP contribution >= 0.6 is 0 Å². The lowest BCUT2D eigenvalue weighted by atomic mass is 9.86. The van der Waals surface area contributed by atoms with Crippen molar-refractivity contribution in [1.82, 2.24) is 9.80 Å². The minimum atomic E-state index is 0.832. The molecule has 0 aliphatic carbocycles. The van der Waals surface area contributed by atoms with E-state index >= 15 is 0 Å². The maximum atomic E-state index is 2.72. The van der Waals surface area contributed by atoms with Crippen molar-refractivity contribution in [2.45, 2.75) is 39.3 Å². The maximum absolute atomic E-state index is 2.72. The number of hydrogen-bond donors (Lipinski definition) is 0. The third kappa shape index (κ3) is 1.75. The molecule has 3 aliphatic heterocycles. The SMILES string of the molecule is CCN1CC2CC(C1)N2CC(C)C. The normalized spacial score (nSPS) is 35.1. The van der Waals surface area contributed by atoms with Gasteiger partial charge in [-0.1, -0.05) is 20.8 Å². The fraction of sp³-hybridized carbons (Fsp3) is 1.00. The van der Waals surface area contributed by atoms with Gasteiger partial charge in [0, 0.05) is 31.7 Å². The van der Waals surface area contributed by atoms with E-state index in [4.69, 9.17) is 0 Å². The highest BCUT2D eigenvalue weighted by atomic mass is 15.4. The summed E-state index contributed by atoms with van der Waals surface area (Å²) >= 11 is 0. The molecule has 0 amide bonds. The Hall–Kier alpha value is -0.0800. The van der Waals surface area contributed by atoms with Gasteiger partial charge in [-0.15, -0.1) is 0 Å². The van der Waals surface area contributed by atoms with Crippen molar-refractivity contribution in [3.8, 4) is 0 Å². The second-order valence-corrected chi connectivity index (χ2v) is 4.99. The third-order valence-electron chi connectivity index (χ3n) is 3.44. The maximum Gasteiger partial charge on any atom is 0.0242 e. The van der Waals surface area contributed by atoms with Crippen LogP contribution in [0.4, 0.5) is 0 Å². The standard InChI is InChI=1S/C11H22N2/c1-4-12-7-10-5-11(8-12)13(10)6-9(2)3/h9-11H,4-8H2,1-3H3. The highest BCUT2D eigenvalue weighted by Crippen LogP contribution is 2.32. The molecule has 2 heteroatoms. The van der Waals surface area contributed by atoms with Crippen LogP contribution in [0.15, 0.2) is 0 Å². The molecule has 76 valence electrons. The molecule has 3 saturated heterocycles. The average molecular weight is 182 g/mol. The summed E-state index contributed by atoms with van der Waals surface area (Å²) in [6.45, 7) is 12.1. The van der Waals surface area contributed by atoms with E-state index in [0.717, 1.165) is 18.0 Å². The van der Waals surface area contributed by atoms with Gasteiger partial charge in [0.15, 0.2) is 0 Å². The number of hydrogen-bond acceptors (Lipinski definition) is 2. The molecule has 0 N–H and O–H groups in total. The zero-order chi connectivity index (χ0) is 9.42. The van der Waals surface area contributed by atoms with Crippen LogP contribution in [0, 0.1) is 5.92 Å². The van der Waals surface area contributed by atoms with E-state index in [1.165, 1.54) is 32.6 Å². The van der Waals surface area contributed by atoms with Crippen LogP contribution in [0.2, 0.25) is 0 Å². The van der Waals surface area contributed by atoms with Crippen LogP contribution in [0.5, 0.6) is 0 Å². The van der Waals surface area contributed by atoms with Crippen molar-refractivity contribution in [2.24, 2.45) is 5.92 Å². The summed E-state index contributed by atoms with van der Waals surface area (Å²) in [6, 6.07) is 1.78. The summed E-state index contributed by atoms with van der Waals surface area (Å²) in [4.78, 5) is 5.31. The molecular formula is C11H22N2. The Labute approximate surface area is 81.9 Å². The zero-order valence-electron chi connectivity index (χ0n) is 9.16. The van der Waals surface area contributed by atoms with Gasteiger partial charge in [0.1, 0.15) is 0 Å². The Morgan fingerprint density at radius 1 is 1.23 bits per heavy atom. The Bertz CT molecular complexity index is 167. The van der Waals surface area contributed by atoms with Crippen LogP contribution < -0.4 is 0 Å². The van der Waals surface area contributed by atoms with Gasteiger partial charge in [-0.25, -0.2) is 0 Å². The van der Waals surface area contributed by atoms with Crippen molar-refractivity contribution >= 4 is 0 Å². The first-order valence-corrected chi connectivity index (χ1v) is 5.68. The highest BCUT2D eigenvalue weighted by molar-refractivity contribution is 5.00. The molecule has 0 radical (unpaired) electrons. The number of likely N-dealkylation sites (N-methyl/N-ethyl adjacent to an activating group) is 1. The van der Waals surface area contributed by atoms with Crippen molar-refractivity contribution in [3.63, 3.8) is 0 Å². The molecule has 3 aliphatic rings. The second kappa shape index (κ2) is 3.58. The van der Waals surface area contributed by atoms with E-state index in [9.17, 15) is 0 Å². The minimum Gasteiger partial charge on any atom is -0.301 e. The van der Waals surface area contributed by atoms with E-state index in [0.29, 0.717) is 0 Å². The molecule has 3 rings (SSSR count). The number of rotatable bonds is 3. The minimum absolute atomic E-state index is 0.832. The lowest BCUT2D eigenvalue weighted by Gasteiger charge is -2.57. The lowest BCUT2D eigenvalue weighted by molar-refractivity contribution is -0.0730. The second-order valence-electron chi connectivity index (χ2n) is 4.99. The topological polar surface area (TPSA) is 6.48 Å². The van der Waals surface area contributed by atoms with Crippen LogP contribution in [-0.2, 0) is 0 Å². The van der Waals surface area contributed by atoms with Crippen molar-refractivity contribution in [1.29, 1.82) is 0 Å². The number of fused-ring (bicyclic) bond motifs is 2. The molecule has 0 spiro atoms. The molecule has 0 saturated carbocycles. The van der Waals surface area contributed by atoms with E-state index in [-0.39, 0.29) is 0 Å². The van der Waals surface area contributed by atoms with Crippen molar-refractivity contribution < 1.29 is 0 Å². The molecule has 3 heterocycles. The molecular weight excluding hydrogens is 160 g/mol. The lowest BCUT2D eigenvalue weighted by Crippen LogP contribution is -2.68. The molecule has 0 aromatic rings. The van der Waals surface area contributed by atoms with Gasteiger partial charge < -0.3 is 4.90 Å². The Morgan fingerprint density at radius 2 is 1.85 bits per heavy atom. The smallest absolute Gasteiger partial charge is 0.0242 e. The third-order valence-corrected chi connectivity index (χ3v) is 3.44. The first-order chi connectivity index (χ1) is 6.20. The van der Waals surface area contributed by atoms with Crippen LogP contribution in [0.1, 0.15) is 27.2 Å². The summed E-state index contributed by atoms with van der Waals surface area (Å²) in [7, 11) is 0. The largest absolute Gasteiger partial charge is 0.301 e. The summed E-state index contributed by atoms with van der Waals surface area (Å²) in [5.74, 6) is 0.832. The number of nitrogens with zero attached hydrogens (tertiary/aromatic N) is 2. The first kappa shape index (κ1) is 9.47. The summed E-state index contributed by atoms with van der Waals surface area (Å²) in [6.07, 6.45) is 1.46. The van der Waals surface area contributed by atoms with Gasteiger partial charge in [0.25, 0.3) is 0 Å². The zero-order valence-corrected chi connectivity index (χ0v) is 9.16. The fourth-order valence-corrected chi connectivity index (χ4v) is 2.75. The monoisotopic (exact) mass is 182 g/mol. The van der Waals surface area contributed by atoms with Crippen LogP contribution in [-0.4, -0.2) is 48.1 Å². The molecule has 2 nitrogen and oxygen atoms in total. The molecule has 2 atom stereocenters. The summed E-state index contributed by atoms with van der Waals surface area (Å²) in [5.41, 5.74) is 0. The van der Waals surface area contributed by atoms with E-state index in [1.807, 2.05) is 0 Å². The summed E-state index contributed by atoms with van der Waals surface area (Å²) in [5, 5.41) is 0. The van der Waals surface area contributed by atoms with Gasteiger partial charge >= 0.3 is 0 Å². The average Bonchev–Trinajstić information content (AvgIpc) is 2.14. The molecule has 0 aromatic carbocycles. The van der Waals surface area contributed by atoms with E-state index in [2.05, 4.69) is 30.6 Å².